The van der Waals surface area contributed by atoms with E-state index >= 15 is 0 Å². The minimum atomic E-state index is -2.03. The fraction of sp³-hybridized carbons (Fsp3) is 0.167. The van der Waals surface area contributed by atoms with E-state index in [2.05, 4.69) is 0 Å². The summed E-state index contributed by atoms with van der Waals surface area (Å²) in [4.78, 5) is 27.4. The molecule has 0 spiro atoms. The van der Waals surface area contributed by atoms with Gasteiger partial charge >= 0.3 is 0 Å². The molecule has 1 atom stereocenters. The van der Waals surface area contributed by atoms with Gasteiger partial charge < -0.3 is 10.0 Å². The van der Waals surface area contributed by atoms with Crippen molar-refractivity contribution in [2.45, 2.75) is 25.5 Å². The lowest BCUT2D eigenvalue weighted by atomic mass is 9.88. The molecule has 0 radical (unpaired) electrons. The summed E-state index contributed by atoms with van der Waals surface area (Å²) in [5, 5.41) is 11.5. The van der Waals surface area contributed by atoms with Crippen molar-refractivity contribution >= 4 is 29.0 Å². The van der Waals surface area contributed by atoms with Crippen LogP contribution in [0.4, 0.5) is 10.1 Å². The van der Waals surface area contributed by atoms with Crippen LogP contribution >= 0.6 is 11.6 Å². The topological polar surface area (TPSA) is 57.6 Å². The van der Waals surface area contributed by atoms with Gasteiger partial charge in [-0.25, -0.2) is 4.39 Å². The van der Waals surface area contributed by atoms with Crippen LogP contribution in [-0.4, -0.2) is 16.8 Å². The van der Waals surface area contributed by atoms with E-state index in [-0.39, 0.29) is 22.9 Å². The van der Waals surface area contributed by atoms with Crippen LogP contribution in [0.1, 0.15) is 33.5 Å². The highest BCUT2D eigenvalue weighted by molar-refractivity contribution is 6.31. The van der Waals surface area contributed by atoms with Crippen LogP contribution in [0.15, 0.2) is 66.7 Å². The van der Waals surface area contributed by atoms with Gasteiger partial charge in [0.1, 0.15) is 5.82 Å². The van der Waals surface area contributed by atoms with Gasteiger partial charge in [0, 0.05) is 21.7 Å². The molecular weight excluding hydrogens is 405 g/mol. The van der Waals surface area contributed by atoms with Crippen LogP contribution in [-0.2, 0) is 16.9 Å². The van der Waals surface area contributed by atoms with Gasteiger partial charge in [0.25, 0.3) is 5.91 Å². The Balaban J connectivity index is 1.70. The third-order valence-electron chi connectivity index (χ3n) is 5.41. The van der Waals surface area contributed by atoms with Crippen molar-refractivity contribution < 1.29 is 19.1 Å². The summed E-state index contributed by atoms with van der Waals surface area (Å²) in [6.45, 7) is 1.76. The number of aryl methyl sites for hydroxylation is 1. The first-order valence-electron chi connectivity index (χ1n) is 9.48. The molecule has 1 heterocycles. The SMILES string of the molecule is Cc1ccc(C(=O)C[C@]2(O)C(=O)N(Cc3c(F)cccc3Cl)c3ccccc32)cc1. The molecule has 1 N–H and O–H groups in total. The van der Waals surface area contributed by atoms with Crippen LogP contribution in [0.5, 0.6) is 0 Å². The Labute approximate surface area is 178 Å². The van der Waals surface area contributed by atoms with Gasteiger partial charge in [-0.1, -0.05) is 65.7 Å². The number of hydrogen-bond acceptors (Lipinski definition) is 3. The summed E-state index contributed by atoms with van der Waals surface area (Å²) >= 11 is 6.14. The second-order valence-corrected chi connectivity index (χ2v) is 7.84. The molecule has 0 aromatic heterocycles. The summed E-state index contributed by atoms with van der Waals surface area (Å²) < 4.78 is 14.3. The van der Waals surface area contributed by atoms with E-state index in [4.69, 9.17) is 11.6 Å². The lowest BCUT2D eigenvalue weighted by Gasteiger charge is -2.23. The third-order valence-corrected chi connectivity index (χ3v) is 5.76. The van der Waals surface area contributed by atoms with Crippen LogP contribution in [0.3, 0.4) is 0 Å². The predicted octanol–water partition coefficient (Wildman–Crippen LogP) is 4.79. The van der Waals surface area contributed by atoms with Crippen LogP contribution in [0, 0.1) is 12.7 Å². The Bertz CT molecular complexity index is 1130. The molecule has 3 aromatic rings. The average Bonchev–Trinajstić information content (AvgIpc) is 2.93. The third kappa shape index (κ3) is 3.40. The summed E-state index contributed by atoms with van der Waals surface area (Å²) in [7, 11) is 0. The molecule has 0 fully saturated rings. The number of carbonyl (C=O) groups is 2. The predicted molar refractivity (Wildman–Crippen MR) is 113 cm³/mol. The molecule has 0 aliphatic carbocycles. The van der Waals surface area contributed by atoms with Gasteiger partial charge in [-0.2, -0.15) is 0 Å². The maximum absolute atomic E-state index is 14.3. The monoisotopic (exact) mass is 423 g/mol. The highest BCUT2D eigenvalue weighted by Crippen LogP contribution is 2.44. The van der Waals surface area contributed by atoms with E-state index in [1.807, 2.05) is 6.92 Å². The van der Waals surface area contributed by atoms with Crippen LogP contribution < -0.4 is 4.90 Å². The number of benzene rings is 3. The minimum absolute atomic E-state index is 0.149. The zero-order valence-electron chi connectivity index (χ0n) is 16.2. The van der Waals surface area contributed by atoms with Crippen molar-refractivity contribution in [3.8, 4) is 0 Å². The van der Waals surface area contributed by atoms with E-state index in [0.717, 1.165) is 5.56 Å². The minimum Gasteiger partial charge on any atom is -0.375 e. The zero-order chi connectivity index (χ0) is 21.5. The number of amides is 1. The second-order valence-electron chi connectivity index (χ2n) is 7.43. The molecule has 1 amide bonds. The number of para-hydroxylation sites is 1. The van der Waals surface area contributed by atoms with Gasteiger partial charge in [-0.05, 0) is 25.1 Å². The molecule has 4 nitrogen and oxygen atoms in total. The molecular formula is C24H19ClFNO3. The number of ketones is 1. The maximum atomic E-state index is 14.3. The van der Waals surface area contributed by atoms with Crippen LogP contribution in [0.25, 0.3) is 0 Å². The number of anilines is 1. The highest BCUT2D eigenvalue weighted by atomic mass is 35.5. The van der Waals surface area contributed by atoms with Crippen molar-refractivity contribution in [1.82, 2.24) is 0 Å². The van der Waals surface area contributed by atoms with Crippen molar-refractivity contribution in [2.75, 3.05) is 4.90 Å². The van der Waals surface area contributed by atoms with E-state index in [0.29, 0.717) is 16.8 Å². The fourth-order valence-electron chi connectivity index (χ4n) is 3.75. The molecule has 0 saturated heterocycles. The number of Topliss-reactive ketones (excluding diaryl/α,β-unsaturated/α-hetero) is 1. The van der Waals surface area contributed by atoms with Gasteiger partial charge in [-0.3, -0.25) is 9.59 Å². The smallest absolute Gasteiger partial charge is 0.264 e. The van der Waals surface area contributed by atoms with Crippen molar-refractivity contribution in [1.29, 1.82) is 0 Å². The van der Waals surface area contributed by atoms with E-state index in [1.54, 1.807) is 54.6 Å². The van der Waals surface area contributed by atoms with Gasteiger partial charge in [0.15, 0.2) is 11.4 Å². The standard InChI is InChI=1S/C24H19ClFNO3/c1-15-9-11-16(12-10-15)22(28)13-24(30)18-5-2-3-8-21(18)27(23(24)29)14-17-19(25)6-4-7-20(17)26/h2-12,30H,13-14H2,1H3/t24-/m1/s1. The van der Waals surface area contributed by atoms with E-state index in [9.17, 15) is 19.1 Å². The Morgan fingerprint density at radius 1 is 1.07 bits per heavy atom. The van der Waals surface area contributed by atoms with Crippen molar-refractivity contribution in [2.24, 2.45) is 0 Å². The number of nitrogens with zero attached hydrogens (tertiary/aromatic N) is 1. The Hall–Kier alpha value is -3.02. The first-order valence-corrected chi connectivity index (χ1v) is 9.85. The number of halogens is 2. The van der Waals surface area contributed by atoms with Gasteiger partial charge in [0.05, 0.1) is 18.7 Å². The molecule has 152 valence electrons. The molecule has 4 rings (SSSR count). The second kappa shape index (κ2) is 7.67. The lowest BCUT2D eigenvalue weighted by molar-refractivity contribution is -0.136. The summed E-state index contributed by atoms with van der Waals surface area (Å²) in [5.74, 6) is -1.58. The number of fused-ring (bicyclic) bond motifs is 1. The molecule has 3 aromatic carbocycles. The Kier molecular flexibility index (Phi) is 5.18. The Morgan fingerprint density at radius 3 is 2.47 bits per heavy atom. The molecule has 6 heteroatoms. The average molecular weight is 424 g/mol. The molecule has 30 heavy (non-hydrogen) atoms. The van der Waals surface area contributed by atoms with Crippen molar-refractivity contribution in [3.05, 3.63) is 99.8 Å². The molecule has 0 unspecified atom stereocenters. The lowest BCUT2D eigenvalue weighted by Crippen LogP contribution is -2.41. The number of aliphatic hydroxyl groups is 1. The van der Waals surface area contributed by atoms with Gasteiger partial charge in [0.2, 0.25) is 0 Å². The fourth-order valence-corrected chi connectivity index (χ4v) is 3.97. The van der Waals surface area contributed by atoms with Gasteiger partial charge in [-0.15, -0.1) is 0 Å². The highest BCUT2D eigenvalue weighted by Gasteiger charge is 2.51. The zero-order valence-corrected chi connectivity index (χ0v) is 17.0. The number of carbonyl (C=O) groups excluding carboxylic acids is 2. The molecule has 1 aliphatic heterocycles. The summed E-state index contributed by atoms with van der Waals surface area (Å²) in [6, 6.07) is 17.9. The van der Waals surface area contributed by atoms with Crippen LogP contribution in [0.2, 0.25) is 5.02 Å². The van der Waals surface area contributed by atoms with E-state index in [1.165, 1.54) is 17.0 Å². The molecule has 0 bridgehead atoms. The maximum Gasteiger partial charge on any atom is 0.264 e. The summed E-state index contributed by atoms with van der Waals surface area (Å²) in [6.07, 6.45) is -0.409. The first kappa shape index (κ1) is 20.3. The molecule has 1 aliphatic rings. The summed E-state index contributed by atoms with van der Waals surface area (Å²) in [5.41, 5.74) is 0.284. The Morgan fingerprint density at radius 2 is 1.77 bits per heavy atom. The number of hydrogen-bond donors (Lipinski definition) is 1. The first-order chi connectivity index (χ1) is 14.3. The number of rotatable bonds is 5. The largest absolute Gasteiger partial charge is 0.375 e. The normalized spacial score (nSPS) is 17.9. The van der Waals surface area contributed by atoms with Crippen molar-refractivity contribution in [3.63, 3.8) is 0 Å². The quantitative estimate of drug-likeness (QED) is 0.600. The van der Waals surface area contributed by atoms with E-state index < -0.39 is 23.7 Å². The molecule has 0 saturated carbocycles.